The van der Waals surface area contributed by atoms with E-state index in [9.17, 15) is 10.1 Å². The molecule has 0 bridgehead atoms. The van der Waals surface area contributed by atoms with E-state index in [2.05, 4.69) is 9.71 Å². The number of ether oxygens (including phenoxy) is 1. The van der Waals surface area contributed by atoms with Crippen molar-refractivity contribution in [2.45, 2.75) is 6.92 Å². The smallest absolute Gasteiger partial charge is 0.470 e. The van der Waals surface area contributed by atoms with Crippen LogP contribution in [0, 0.1) is 15.5 Å². The van der Waals surface area contributed by atoms with Crippen LogP contribution in [0.3, 0.4) is 0 Å². The molecule has 0 saturated carbocycles. The summed E-state index contributed by atoms with van der Waals surface area (Å²) < 4.78 is 4.30. The fourth-order valence-corrected chi connectivity index (χ4v) is 0.359. The maximum atomic E-state index is 9.90. The Hall–Kier alpha value is -1.84. The highest BCUT2D eigenvalue weighted by atomic mass is 16.6. The highest BCUT2D eigenvalue weighted by Crippen LogP contribution is 2.04. The SMILES string of the molecule is CCO/C(O)=C(\[N+]#N)[N+](=O)[O-]. The molecule has 0 fully saturated rings. The molecular weight excluding hydrogens is 154 g/mol. The summed E-state index contributed by atoms with van der Waals surface area (Å²) in [5.74, 6) is -2.10. The van der Waals surface area contributed by atoms with E-state index in [1.54, 1.807) is 0 Å². The molecule has 7 heteroatoms. The Morgan fingerprint density at radius 1 is 1.91 bits per heavy atom. The van der Waals surface area contributed by atoms with Crippen molar-refractivity contribution in [3.63, 3.8) is 0 Å². The van der Waals surface area contributed by atoms with E-state index in [0.717, 1.165) is 0 Å². The number of nitro groups is 1. The van der Waals surface area contributed by atoms with E-state index in [1.165, 1.54) is 6.92 Å². The second-order valence-electron chi connectivity index (χ2n) is 1.42. The molecule has 0 unspecified atom stereocenters. The normalized spacial score (nSPS) is 11.3. The summed E-state index contributed by atoms with van der Waals surface area (Å²) in [6.45, 7) is 1.57. The first kappa shape index (κ1) is 9.16. The van der Waals surface area contributed by atoms with Gasteiger partial charge in [0.1, 0.15) is 0 Å². The Morgan fingerprint density at radius 2 is 2.45 bits per heavy atom. The van der Waals surface area contributed by atoms with Gasteiger partial charge < -0.3 is 9.84 Å². The molecule has 7 nitrogen and oxygen atoms in total. The van der Waals surface area contributed by atoms with Gasteiger partial charge in [-0.2, -0.15) is 0 Å². The van der Waals surface area contributed by atoms with Gasteiger partial charge in [0.2, 0.25) is 5.39 Å². The van der Waals surface area contributed by atoms with Crippen molar-refractivity contribution < 1.29 is 14.8 Å². The van der Waals surface area contributed by atoms with Crippen LogP contribution in [0.5, 0.6) is 0 Å². The largest absolute Gasteiger partial charge is 0.747 e. The Labute approximate surface area is 61.7 Å². The maximum absolute atomic E-state index is 9.90. The molecule has 0 atom stereocenters. The molecule has 0 aliphatic rings. The third kappa shape index (κ3) is 2.49. The molecule has 0 aliphatic heterocycles. The average Bonchev–Trinajstić information content (AvgIpc) is 1.88. The fraction of sp³-hybridized carbons (Fsp3) is 0.500. The number of hydrogen-bond acceptors (Lipinski definition) is 5. The molecule has 0 rings (SSSR count). The predicted molar refractivity (Wildman–Crippen MR) is 33.4 cm³/mol. The van der Waals surface area contributed by atoms with Crippen molar-refractivity contribution in [3.8, 4) is 0 Å². The van der Waals surface area contributed by atoms with Crippen LogP contribution in [0.1, 0.15) is 6.92 Å². The Balaban J connectivity index is 4.58. The van der Waals surface area contributed by atoms with E-state index in [-0.39, 0.29) is 6.61 Å². The van der Waals surface area contributed by atoms with Gasteiger partial charge >= 0.3 is 11.8 Å². The zero-order valence-electron chi connectivity index (χ0n) is 5.72. The highest BCUT2D eigenvalue weighted by Gasteiger charge is 2.35. The second kappa shape index (κ2) is 4.05. The molecule has 0 aromatic carbocycles. The predicted octanol–water partition coefficient (Wildman–Crippen LogP) is 0.837. The van der Waals surface area contributed by atoms with Gasteiger partial charge in [0.15, 0.2) is 4.92 Å². The van der Waals surface area contributed by atoms with Gasteiger partial charge in [-0.1, -0.05) is 0 Å². The summed E-state index contributed by atoms with van der Waals surface area (Å²) in [6, 6.07) is 0. The second-order valence-corrected chi connectivity index (χ2v) is 1.42. The number of aliphatic hydroxyl groups excluding tert-OH is 1. The van der Waals surface area contributed by atoms with Crippen LogP contribution in [0.4, 0.5) is 0 Å². The van der Waals surface area contributed by atoms with Crippen molar-refractivity contribution >= 4 is 0 Å². The van der Waals surface area contributed by atoms with Crippen LogP contribution in [0.25, 0.3) is 4.98 Å². The zero-order chi connectivity index (χ0) is 8.85. The van der Waals surface area contributed by atoms with Crippen LogP contribution in [-0.2, 0) is 4.74 Å². The first-order valence-corrected chi connectivity index (χ1v) is 2.69. The molecule has 0 amide bonds. The van der Waals surface area contributed by atoms with Crippen LogP contribution >= 0.6 is 0 Å². The van der Waals surface area contributed by atoms with Gasteiger partial charge in [-0.3, -0.25) is 10.1 Å². The van der Waals surface area contributed by atoms with Crippen LogP contribution in [0.15, 0.2) is 11.8 Å². The fourth-order valence-electron chi connectivity index (χ4n) is 0.359. The lowest BCUT2D eigenvalue weighted by Crippen LogP contribution is -2.02. The van der Waals surface area contributed by atoms with E-state index in [1.807, 2.05) is 0 Å². The molecule has 0 radical (unpaired) electrons. The third-order valence-electron chi connectivity index (χ3n) is 0.740. The van der Waals surface area contributed by atoms with Crippen molar-refractivity contribution in [1.29, 1.82) is 5.39 Å². The minimum Gasteiger partial charge on any atom is -0.470 e. The number of hydrogen-bond donors (Lipinski definition) is 1. The summed E-state index contributed by atoms with van der Waals surface area (Å²) in [5.41, 5.74) is 0. The minimum atomic E-state index is -1.10. The van der Waals surface area contributed by atoms with Crippen molar-refractivity contribution in [3.05, 3.63) is 26.9 Å². The van der Waals surface area contributed by atoms with Gasteiger partial charge in [0, 0.05) is 0 Å². The van der Waals surface area contributed by atoms with Crippen LogP contribution < -0.4 is 0 Å². The van der Waals surface area contributed by atoms with E-state index < -0.39 is 16.7 Å². The van der Waals surface area contributed by atoms with Crippen molar-refractivity contribution in [1.82, 2.24) is 0 Å². The molecule has 0 saturated heterocycles. The number of diazo groups is 1. The molecule has 11 heavy (non-hydrogen) atoms. The quantitative estimate of drug-likeness (QED) is 0.285. The van der Waals surface area contributed by atoms with Gasteiger partial charge in [-0.15, -0.1) is 0 Å². The number of nitrogens with zero attached hydrogens (tertiary/aromatic N) is 3. The monoisotopic (exact) mass is 160 g/mol. The lowest BCUT2D eigenvalue weighted by atomic mass is 10.7. The summed E-state index contributed by atoms with van der Waals surface area (Å²) in [6.07, 6.45) is 0. The van der Waals surface area contributed by atoms with Crippen molar-refractivity contribution in [2.24, 2.45) is 0 Å². The lowest BCUT2D eigenvalue weighted by Gasteiger charge is -1.91. The zero-order valence-corrected chi connectivity index (χ0v) is 5.72. The Bertz CT molecular complexity index is 228. The molecule has 0 heterocycles. The molecule has 0 aromatic heterocycles. The first-order valence-electron chi connectivity index (χ1n) is 2.69. The summed E-state index contributed by atoms with van der Waals surface area (Å²) >= 11 is 0. The van der Waals surface area contributed by atoms with Crippen LogP contribution in [-0.4, -0.2) is 16.6 Å². The standard InChI is InChI=1S/C4H5N3O4/c1-2-11-4(8)3(6-5)7(9)10/h2H2,1H3/p+1/b4-3+. The van der Waals surface area contributed by atoms with Gasteiger partial charge in [-0.05, 0) is 6.92 Å². The minimum absolute atomic E-state index is 0.0543. The van der Waals surface area contributed by atoms with E-state index >= 15 is 0 Å². The van der Waals surface area contributed by atoms with Gasteiger partial charge in [-0.25, -0.2) is 0 Å². The summed E-state index contributed by atoms with van der Waals surface area (Å²) in [7, 11) is 0. The van der Waals surface area contributed by atoms with Crippen LogP contribution in [0.2, 0.25) is 0 Å². The molecule has 0 aliphatic carbocycles. The average molecular weight is 160 g/mol. The third-order valence-corrected chi connectivity index (χ3v) is 0.740. The summed E-state index contributed by atoms with van der Waals surface area (Å²) in [5, 5.41) is 26.5. The molecule has 1 N–H and O–H groups in total. The topological polar surface area (TPSA) is 101 Å². The molecule has 60 valence electrons. The van der Waals surface area contributed by atoms with E-state index in [4.69, 9.17) is 10.5 Å². The Morgan fingerprint density at radius 3 is 2.73 bits per heavy atom. The molecule has 0 spiro atoms. The summed E-state index contributed by atoms with van der Waals surface area (Å²) in [4.78, 5) is 11.0. The Kier molecular flexibility index (Phi) is 3.37. The lowest BCUT2D eigenvalue weighted by molar-refractivity contribution is -0.425. The van der Waals surface area contributed by atoms with Crippen molar-refractivity contribution in [2.75, 3.05) is 6.61 Å². The highest BCUT2D eigenvalue weighted by molar-refractivity contribution is 4.98. The number of rotatable bonds is 3. The van der Waals surface area contributed by atoms with Gasteiger partial charge in [0.05, 0.1) is 6.61 Å². The maximum Gasteiger partial charge on any atom is 0.747 e. The molecular formula is C4H6N3O4+. The van der Waals surface area contributed by atoms with E-state index in [0.29, 0.717) is 0 Å². The number of aliphatic hydroxyl groups is 1. The van der Waals surface area contributed by atoms with Gasteiger partial charge in [0.25, 0.3) is 4.98 Å². The molecule has 0 aromatic rings. The first-order chi connectivity index (χ1) is 5.13.